The highest BCUT2D eigenvalue weighted by molar-refractivity contribution is 9.10. The highest BCUT2D eigenvalue weighted by Gasteiger charge is 2.22. The van der Waals surface area contributed by atoms with E-state index in [4.69, 9.17) is 0 Å². The minimum absolute atomic E-state index is 1.02. The van der Waals surface area contributed by atoms with Crippen LogP contribution >= 0.6 is 38.6 Å². The standard InChI is InChI=1S/C48H30N2S.C25H17N.C24H15BrS/c1-5-22-43-37(16-1)38-17-2-6-23-44(38)49(43)35-26-27-40-39-18-3-7-24-45(39)50(46(40)30-35)34-15-10-13-32(29-34)31-12-9-14-33(28-31)36-20-11-21-42-41-19-4-8-25-47(41)51-48(36)42;1-2-8-20-17(7-1)15-18-16-19(13-14-21(18)20)26-24-11-5-3-9-22(24)23-10-4-6-12-25(23)26;25-19-9-4-7-17(15-19)16-6-3-8-18(14-16)20-11-5-12-22-21-10-1-2-13-23(21)26-24(20)22/h1-30H;1-14,16H,15H2;1-15H. The van der Waals surface area contributed by atoms with E-state index in [0.29, 0.717) is 0 Å². The molecule has 0 fully saturated rings. The SMILES string of the molecule is Brc1cccc(-c2cccc(-c3cccc4c3sc3ccccc34)c2)c1.c1cc(-c2cccc(-n3c4ccccc4c4ccc(-n5c6ccccc6c6ccccc65)cc43)c2)cc(-c2cccc3c2sc2ccccc23)c1.c1ccc2c(c1)Cc1cc(-n3c4ccccc4c4ccccc43)ccc1-2. The fourth-order valence-corrected chi connectivity index (χ4v) is 19.1. The number of rotatable bonds is 7. The zero-order valence-corrected chi connectivity index (χ0v) is 59.1. The monoisotopic (exact) mass is 1410 g/mol. The smallest absolute Gasteiger partial charge is 0.0561 e. The molecule has 5 aromatic heterocycles. The van der Waals surface area contributed by atoms with E-state index in [0.717, 1.165) is 22.3 Å². The third-order valence-electron chi connectivity index (χ3n) is 20.9. The van der Waals surface area contributed by atoms with Crippen LogP contribution in [0, 0.1) is 0 Å². The Bertz CT molecular complexity index is 6850. The van der Waals surface area contributed by atoms with E-state index in [1.54, 1.807) is 0 Å². The van der Waals surface area contributed by atoms with Crippen LogP contribution in [0.3, 0.4) is 0 Å². The van der Waals surface area contributed by atoms with Crippen LogP contribution < -0.4 is 0 Å². The van der Waals surface area contributed by atoms with Gasteiger partial charge in [0.25, 0.3) is 0 Å². The maximum atomic E-state index is 3.58. The molecule has 1 aliphatic rings. The topological polar surface area (TPSA) is 14.8 Å². The maximum Gasteiger partial charge on any atom is 0.0561 e. The molecular weight excluding hydrogens is 1350 g/mol. The lowest BCUT2D eigenvalue weighted by Crippen LogP contribution is -1.97. The average Bonchev–Trinajstić information content (AvgIpc) is 1.59. The predicted octanol–water partition coefficient (Wildman–Crippen LogP) is 28.1. The molecule has 0 radical (unpaired) electrons. The fourth-order valence-electron chi connectivity index (χ4n) is 16.2. The van der Waals surface area contributed by atoms with Crippen LogP contribution in [0.4, 0.5) is 0 Å². The number of aromatic nitrogens is 3. The number of thiophene rings is 2. The molecule has 103 heavy (non-hydrogen) atoms. The van der Waals surface area contributed by atoms with E-state index in [-0.39, 0.29) is 0 Å². The van der Waals surface area contributed by atoms with E-state index in [1.807, 2.05) is 22.7 Å². The molecule has 484 valence electrons. The molecule has 0 spiro atoms. The molecule has 16 aromatic carbocycles. The Morgan fingerprint density at radius 2 is 0.563 bits per heavy atom. The van der Waals surface area contributed by atoms with Crippen molar-refractivity contribution in [3.8, 4) is 72.7 Å². The quantitative estimate of drug-likeness (QED) is 0.151. The molecule has 0 aliphatic heterocycles. The van der Waals surface area contributed by atoms with E-state index in [2.05, 4.69) is 394 Å². The van der Waals surface area contributed by atoms with Crippen molar-refractivity contribution >= 4 is 144 Å². The molecule has 0 bridgehead atoms. The first-order chi connectivity index (χ1) is 51.0. The number of para-hydroxylation sites is 5. The summed E-state index contributed by atoms with van der Waals surface area (Å²) in [6.45, 7) is 0. The number of benzene rings is 16. The lowest BCUT2D eigenvalue weighted by atomic mass is 9.97. The predicted molar refractivity (Wildman–Crippen MR) is 446 cm³/mol. The van der Waals surface area contributed by atoms with Gasteiger partial charge in [-0.15, -0.1) is 22.7 Å². The molecule has 5 heterocycles. The van der Waals surface area contributed by atoms with Gasteiger partial charge in [0.1, 0.15) is 0 Å². The molecule has 0 amide bonds. The van der Waals surface area contributed by atoms with Crippen molar-refractivity contribution in [1.29, 1.82) is 0 Å². The van der Waals surface area contributed by atoms with Crippen molar-refractivity contribution in [1.82, 2.24) is 13.7 Å². The van der Waals surface area contributed by atoms with Gasteiger partial charge in [0, 0.05) is 94.2 Å². The van der Waals surface area contributed by atoms with E-state index in [9.17, 15) is 0 Å². The minimum Gasteiger partial charge on any atom is -0.309 e. The largest absolute Gasteiger partial charge is 0.309 e. The lowest BCUT2D eigenvalue weighted by Gasteiger charge is -2.13. The number of hydrogen-bond donors (Lipinski definition) is 0. The van der Waals surface area contributed by atoms with Gasteiger partial charge in [0.05, 0.1) is 33.1 Å². The van der Waals surface area contributed by atoms with Gasteiger partial charge in [-0.05, 0) is 176 Å². The van der Waals surface area contributed by atoms with Crippen LogP contribution in [0.25, 0.3) is 178 Å². The molecule has 0 unspecified atom stereocenters. The highest BCUT2D eigenvalue weighted by atomic mass is 79.9. The Morgan fingerprint density at radius 3 is 1.09 bits per heavy atom. The second-order valence-electron chi connectivity index (χ2n) is 26.8. The van der Waals surface area contributed by atoms with Crippen LogP contribution in [0.1, 0.15) is 11.1 Å². The average molecular weight is 1410 g/mol. The third kappa shape index (κ3) is 10.4. The molecular formula is C97H62BrN3S2. The third-order valence-corrected chi connectivity index (χ3v) is 23.8. The van der Waals surface area contributed by atoms with Gasteiger partial charge >= 0.3 is 0 Å². The van der Waals surface area contributed by atoms with Crippen LogP contribution in [0.15, 0.2) is 368 Å². The second kappa shape index (κ2) is 25.2. The Hall–Kier alpha value is -12.2. The summed E-state index contributed by atoms with van der Waals surface area (Å²) in [6.07, 6.45) is 1.02. The zero-order chi connectivity index (χ0) is 68.1. The van der Waals surface area contributed by atoms with Gasteiger partial charge in [-0.25, -0.2) is 0 Å². The van der Waals surface area contributed by atoms with Gasteiger partial charge in [-0.3, -0.25) is 0 Å². The van der Waals surface area contributed by atoms with E-state index >= 15 is 0 Å². The summed E-state index contributed by atoms with van der Waals surface area (Å²) in [5.74, 6) is 0. The van der Waals surface area contributed by atoms with Gasteiger partial charge in [-0.2, -0.15) is 0 Å². The lowest BCUT2D eigenvalue weighted by molar-refractivity contribution is 1.15. The summed E-state index contributed by atoms with van der Waals surface area (Å²) in [6, 6.07) is 132. The van der Waals surface area contributed by atoms with E-state index < -0.39 is 0 Å². The van der Waals surface area contributed by atoms with Crippen LogP contribution in [-0.2, 0) is 6.42 Å². The summed E-state index contributed by atoms with van der Waals surface area (Å²) in [5.41, 5.74) is 26.5. The molecule has 0 N–H and O–H groups in total. The summed E-state index contributed by atoms with van der Waals surface area (Å²) >= 11 is 7.34. The molecule has 6 heteroatoms. The molecule has 1 aliphatic carbocycles. The van der Waals surface area contributed by atoms with Gasteiger partial charge in [0.2, 0.25) is 0 Å². The molecule has 3 nitrogen and oxygen atoms in total. The van der Waals surface area contributed by atoms with Gasteiger partial charge < -0.3 is 13.7 Å². The van der Waals surface area contributed by atoms with Crippen LogP contribution in [0.5, 0.6) is 0 Å². The summed E-state index contributed by atoms with van der Waals surface area (Å²) in [7, 11) is 0. The molecule has 21 aromatic rings. The van der Waals surface area contributed by atoms with Gasteiger partial charge in [0.15, 0.2) is 0 Å². The normalized spacial score (nSPS) is 11.9. The Morgan fingerprint density at radius 1 is 0.214 bits per heavy atom. The zero-order valence-electron chi connectivity index (χ0n) is 55.9. The van der Waals surface area contributed by atoms with Crippen molar-refractivity contribution in [2.75, 3.05) is 0 Å². The Balaban J connectivity index is 0.000000114. The fraction of sp³-hybridized carbons (Fsp3) is 0.0103. The van der Waals surface area contributed by atoms with Crippen molar-refractivity contribution in [2.45, 2.75) is 6.42 Å². The van der Waals surface area contributed by atoms with Crippen LogP contribution in [0.2, 0.25) is 0 Å². The first-order valence-electron chi connectivity index (χ1n) is 35.1. The van der Waals surface area contributed by atoms with Crippen molar-refractivity contribution in [3.05, 3.63) is 380 Å². The van der Waals surface area contributed by atoms with E-state index in [1.165, 1.54) is 178 Å². The summed E-state index contributed by atoms with van der Waals surface area (Å²) < 4.78 is 13.7. The van der Waals surface area contributed by atoms with Crippen molar-refractivity contribution < 1.29 is 0 Å². The molecule has 0 atom stereocenters. The highest BCUT2D eigenvalue weighted by Crippen LogP contribution is 2.45. The first kappa shape index (κ1) is 60.8. The number of fused-ring (bicyclic) bond motifs is 18. The summed E-state index contributed by atoms with van der Waals surface area (Å²) in [4.78, 5) is 0. The number of hydrogen-bond acceptors (Lipinski definition) is 2. The summed E-state index contributed by atoms with van der Waals surface area (Å²) in [5, 5.41) is 13.0. The Labute approximate surface area is 612 Å². The first-order valence-corrected chi connectivity index (χ1v) is 37.5. The molecule has 22 rings (SSSR count). The molecule has 0 saturated heterocycles. The maximum absolute atomic E-state index is 3.58. The molecule has 0 saturated carbocycles. The van der Waals surface area contributed by atoms with Crippen molar-refractivity contribution in [2.24, 2.45) is 0 Å². The minimum atomic E-state index is 1.02. The Kier molecular flexibility index (Phi) is 14.9. The number of halogens is 1. The van der Waals surface area contributed by atoms with Crippen molar-refractivity contribution in [3.63, 3.8) is 0 Å². The number of nitrogens with zero attached hydrogens (tertiary/aromatic N) is 3. The second-order valence-corrected chi connectivity index (χ2v) is 29.8. The van der Waals surface area contributed by atoms with Gasteiger partial charge in [-0.1, -0.05) is 277 Å². The van der Waals surface area contributed by atoms with Crippen LogP contribution in [-0.4, -0.2) is 13.7 Å².